The lowest BCUT2D eigenvalue weighted by molar-refractivity contribution is 0.0484. The molecule has 1 aromatic heterocycles. The summed E-state index contributed by atoms with van der Waals surface area (Å²) in [5, 5.41) is -0.566. The van der Waals surface area contributed by atoms with Crippen LogP contribution in [0.3, 0.4) is 0 Å². The highest BCUT2D eigenvalue weighted by Crippen LogP contribution is 2.20. The molecule has 1 aliphatic rings. The van der Waals surface area contributed by atoms with Crippen LogP contribution in [0.4, 0.5) is 9.18 Å². The first-order valence-corrected chi connectivity index (χ1v) is 9.87. The average Bonchev–Trinajstić information content (AvgIpc) is 3.11. The Balaban J connectivity index is 2.00. The van der Waals surface area contributed by atoms with Crippen LogP contribution in [0.2, 0.25) is 0 Å². The van der Waals surface area contributed by atoms with E-state index in [1.54, 1.807) is 0 Å². The number of thioether (sulfide) groups is 1. The molecule has 1 unspecified atom stereocenters. The molecule has 8 heteroatoms. The van der Waals surface area contributed by atoms with Gasteiger partial charge in [0, 0.05) is 12.4 Å². The van der Waals surface area contributed by atoms with Gasteiger partial charge < -0.3 is 4.74 Å². The van der Waals surface area contributed by atoms with Crippen molar-refractivity contribution in [3.05, 3.63) is 32.9 Å². The van der Waals surface area contributed by atoms with Crippen molar-refractivity contribution in [2.75, 3.05) is 12.4 Å². The number of hydrogen-bond donors (Lipinski definition) is 0. The average molecular weight is 372 g/mol. The van der Waals surface area contributed by atoms with Gasteiger partial charge in [0.25, 0.3) is 10.8 Å². The topological polar surface area (TPSA) is 70.3 Å². The molecule has 0 N–H and O–H groups in total. The maximum Gasteiger partial charge on any atom is 0.340 e. The number of rotatable bonds is 8. The minimum absolute atomic E-state index is 0.411. The highest BCUT2D eigenvalue weighted by atomic mass is 32.2. The van der Waals surface area contributed by atoms with E-state index in [0.29, 0.717) is 40.5 Å². The van der Waals surface area contributed by atoms with Crippen LogP contribution in [0.25, 0.3) is 0 Å². The molecule has 0 radical (unpaired) electrons. The molecule has 0 aliphatic carbocycles. The van der Waals surface area contributed by atoms with Crippen LogP contribution in [0.15, 0.2) is 15.8 Å². The van der Waals surface area contributed by atoms with E-state index in [-0.39, 0.29) is 0 Å². The van der Waals surface area contributed by atoms with E-state index in [0.717, 1.165) is 31.0 Å². The number of unbranched alkanes of at least 4 members (excludes halogenated alkanes) is 5. The third-order valence-electron chi connectivity index (χ3n) is 4.19. The first kappa shape index (κ1) is 19.9. The summed E-state index contributed by atoms with van der Waals surface area (Å²) in [6, 6.07) is 0. The molecule has 25 heavy (non-hydrogen) atoms. The summed E-state index contributed by atoms with van der Waals surface area (Å²) in [5.74, 6) is -0.554. The molecule has 1 atom stereocenters. The first-order valence-electron chi connectivity index (χ1n) is 8.88. The quantitative estimate of drug-likeness (QED) is 0.653. The molecule has 1 aliphatic heterocycles. The summed E-state index contributed by atoms with van der Waals surface area (Å²) < 4.78 is 20.6. The summed E-state index contributed by atoms with van der Waals surface area (Å²) in [4.78, 5) is 36.6. The van der Waals surface area contributed by atoms with Gasteiger partial charge in [0.1, 0.15) is 6.23 Å². The van der Waals surface area contributed by atoms with Gasteiger partial charge in [-0.2, -0.15) is 4.39 Å². The Labute approximate surface area is 150 Å². The maximum absolute atomic E-state index is 13.9. The lowest BCUT2D eigenvalue weighted by Crippen LogP contribution is -2.44. The van der Waals surface area contributed by atoms with Crippen molar-refractivity contribution in [1.82, 2.24) is 9.13 Å². The Morgan fingerprint density at radius 1 is 1.28 bits per heavy atom. The first-order chi connectivity index (χ1) is 12.1. The molecule has 140 valence electrons. The van der Waals surface area contributed by atoms with E-state index in [1.807, 2.05) is 0 Å². The van der Waals surface area contributed by atoms with Crippen LogP contribution in [0.5, 0.6) is 0 Å². The molecule has 0 spiro atoms. The smallest absolute Gasteiger partial charge is 0.340 e. The monoisotopic (exact) mass is 372 g/mol. The van der Waals surface area contributed by atoms with Gasteiger partial charge >= 0.3 is 5.69 Å². The van der Waals surface area contributed by atoms with Crippen molar-refractivity contribution < 1.29 is 13.9 Å². The van der Waals surface area contributed by atoms with E-state index < -0.39 is 28.5 Å². The van der Waals surface area contributed by atoms with Crippen LogP contribution in [-0.2, 0) is 4.74 Å². The molecular weight excluding hydrogens is 347 g/mol. The number of carbonyl (C=O) groups is 1. The largest absolute Gasteiger partial charge is 0.358 e. The maximum atomic E-state index is 13.9. The van der Waals surface area contributed by atoms with E-state index in [9.17, 15) is 18.8 Å². The molecule has 1 saturated heterocycles. The predicted octanol–water partition coefficient (Wildman–Crippen LogP) is 3.52. The highest BCUT2D eigenvalue weighted by molar-refractivity contribution is 8.13. The van der Waals surface area contributed by atoms with E-state index in [1.165, 1.54) is 19.3 Å². The Morgan fingerprint density at radius 2 is 2.00 bits per heavy atom. The van der Waals surface area contributed by atoms with Gasteiger partial charge in [-0.05, 0) is 19.3 Å². The van der Waals surface area contributed by atoms with Crippen molar-refractivity contribution in [2.24, 2.45) is 0 Å². The van der Waals surface area contributed by atoms with Gasteiger partial charge in [-0.25, -0.2) is 13.9 Å². The summed E-state index contributed by atoms with van der Waals surface area (Å²) in [6.45, 7) is 2.56. The minimum Gasteiger partial charge on any atom is -0.358 e. The molecule has 0 saturated carbocycles. The zero-order valence-corrected chi connectivity index (χ0v) is 15.4. The van der Waals surface area contributed by atoms with E-state index >= 15 is 0 Å². The highest BCUT2D eigenvalue weighted by Gasteiger charge is 2.25. The van der Waals surface area contributed by atoms with E-state index in [2.05, 4.69) is 6.92 Å². The number of aromatic nitrogens is 2. The fourth-order valence-corrected chi connectivity index (χ4v) is 3.60. The minimum atomic E-state index is -1.12. The van der Waals surface area contributed by atoms with Gasteiger partial charge in [0.15, 0.2) is 0 Å². The fraction of sp³-hybridized carbons (Fsp3) is 0.706. The second kappa shape index (κ2) is 9.91. The lowest BCUT2D eigenvalue weighted by Gasteiger charge is -2.14. The van der Waals surface area contributed by atoms with Crippen LogP contribution in [0.1, 0.15) is 64.5 Å². The molecule has 1 aromatic rings. The summed E-state index contributed by atoms with van der Waals surface area (Å²) in [6.07, 6.45) is 7.64. The van der Waals surface area contributed by atoms with Gasteiger partial charge in [-0.3, -0.25) is 9.59 Å². The van der Waals surface area contributed by atoms with E-state index in [4.69, 9.17) is 4.74 Å². The number of ether oxygens (including phenoxy) is 1. The van der Waals surface area contributed by atoms with Crippen LogP contribution in [0, 0.1) is 5.82 Å². The Kier molecular flexibility index (Phi) is 7.90. The zero-order valence-electron chi connectivity index (χ0n) is 14.5. The van der Waals surface area contributed by atoms with Crippen molar-refractivity contribution in [2.45, 2.75) is 64.5 Å². The predicted molar refractivity (Wildman–Crippen MR) is 95.8 cm³/mol. The molecule has 6 nitrogen and oxygen atoms in total. The molecule has 1 fully saturated rings. The standard InChI is InChI=1S/C17H25FN2O4S/c1-2-3-4-5-6-7-11-25-17(23)19-12-13(18)15(21)20(16(19)22)14-9-8-10-24-14/h12,14H,2-11H2,1H3. The van der Waals surface area contributed by atoms with Crippen molar-refractivity contribution in [3.8, 4) is 0 Å². The van der Waals surface area contributed by atoms with Crippen molar-refractivity contribution >= 4 is 17.0 Å². The molecule has 0 aromatic carbocycles. The molecule has 2 heterocycles. The number of hydrogen-bond acceptors (Lipinski definition) is 5. The summed E-state index contributed by atoms with van der Waals surface area (Å²) in [5.41, 5.74) is -1.87. The lowest BCUT2D eigenvalue weighted by atomic mass is 10.1. The second-order valence-electron chi connectivity index (χ2n) is 6.15. The molecule has 0 bridgehead atoms. The van der Waals surface area contributed by atoms with Gasteiger partial charge in [-0.15, -0.1) is 0 Å². The zero-order chi connectivity index (χ0) is 18.2. The molecular formula is C17H25FN2O4S. The summed E-state index contributed by atoms with van der Waals surface area (Å²) >= 11 is 0.974. The third-order valence-corrected chi connectivity index (χ3v) is 5.13. The summed E-state index contributed by atoms with van der Waals surface area (Å²) in [7, 11) is 0. The Bertz CT molecular complexity index is 695. The van der Waals surface area contributed by atoms with Crippen LogP contribution >= 0.6 is 11.8 Å². The van der Waals surface area contributed by atoms with Crippen molar-refractivity contribution in [3.63, 3.8) is 0 Å². The normalized spacial score (nSPS) is 17.1. The third kappa shape index (κ3) is 5.28. The van der Waals surface area contributed by atoms with Gasteiger partial charge in [-0.1, -0.05) is 50.8 Å². The van der Waals surface area contributed by atoms with Gasteiger partial charge in [0.05, 0.1) is 6.20 Å². The Hall–Kier alpha value is -1.41. The fourth-order valence-electron chi connectivity index (χ4n) is 2.80. The number of carbonyl (C=O) groups excluding carboxylic acids is 1. The molecule has 0 amide bonds. The number of halogens is 1. The Morgan fingerprint density at radius 3 is 2.68 bits per heavy atom. The SMILES string of the molecule is CCCCCCCCSC(=O)n1cc(F)c(=O)n(C2CCCO2)c1=O. The number of nitrogens with zero attached hydrogens (tertiary/aromatic N) is 2. The van der Waals surface area contributed by atoms with Gasteiger partial charge in [0.2, 0.25) is 5.82 Å². The van der Waals surface area contributed by atoms with Crippen LogP contribution in [-0.4, -0.2) is 26.7 Å². The molecule has 2 rings (SSSR count). The van der Waals surface area contributed by atoms with Crippen molar-refractivity contribution in [1.29, 1.82) is 0 Å². The second-order valence-corrected chi connectivity index (χ2v) is 7.20. The van der Waals surface area contributed by atoms with Crippen LogP contribution < -0.4 is 11.2 Å².